The Balaban J connectivity index is 1.97. The predicted molar refractivity (Wildman–Crippen MR) is 93.4 cm³/mol. The average Bonchev–Trinajstić information content (AvgIpc) is 2.59. The first kappa shape index (κ1) is 16.9. The van der Waals surface area contributed by atoms with Crippen LogP contribution >= 0.6 is 0 Å². The number of aliphatic imine (C=N–C) groups is 1. The highest BCUT2D eigenvalue weighted by molar-refractivity contribution is 5.85. The van der Waals surface area contributed by atoms with Crippen molar-refractivity contribution in [1.82, 2.24) is 0 Å². The van der Waals surface area contributed by atoms with E-state index in [2.05, 4.69) is 11.9 Å². The third-order valence-electron chi connectivity index (χ3n) is 3.44. The molecule has 122 valence electrons. The molecule has 0 aliphatic heterocycles. The molecule has 4 heteroatoms. The van der Waals surface area contributed by atoms with Gasteiger partial charge in [-0.1, -0.05) is 19.8 Å². The molecule has 0 aliphatic carbocycles. The van der Waals surface area contributed by atoms with Crippen molar-refractivity contribution in [1.29, 1.82) is 0 Å². The van der Waals surface area contributed by atoms with Gasteiger partial charge >= 0.3 is 0 Å². The second-order valence-electron chi connectivity index (χ2n) is 5.23. The predicted octanol–water partition coefficient (Wildman–Crippen LogP) is 4.72. The molecule has 2 aromatic rings. The third-order valence-corrected chi connectivity index (χ3v) is 3.44. The van der Waals surface area contributed by atoms with E-state index in [-0.39, 0.29) is 5.75 Å². The quantitative estimate of drug-likeness (QED) is 0.566. The van der Waals surface area contributed by atoms with E-state index in [1.807, 2.05) is 24.3 Å². The van der Waals surface area contributed by atoms with Gasteiger partial charge < -0.3 is 14.6 Å². The summed E-state index contributed by atoms with van der Waals surface area (Å²) >= 11 is 0. The van der Waals surface area contributed by atoms with Crippen molar-refractivity contribution in [2.75, 3.05) is 13.7 Å². The van der Waals surface area contributed by atoms with Crippen molar-refractivity contribution in [3.8, 4) is 17.2 Å². The van der Waals surface area contributed by atoms with Gasteiger partial charge in [-0.15, -0.1) is 0 Å². The molecule has 4 nitrogen and oxygen atoms in total. The zero-order chi connectivity index (χ0) is 16.5. The van der Waals surface area contributed by atoms with Gasteiger partial charge in [-0.2, -0.15) is 0 Å². The lowest BCUT2D eigenvalue weighted by atomic mass is 10.2. The highest BCUT2D eigenvalue weighted by Gasteiger charge is 2.01. The van der Waals surface area contributed by atoms with E-state index < -0.39 is 0 Å². The van der Waals surface area contributed by atoms with Crippen LogP contribution in [-0.2, 0) is 0 Å². The maximum absolute atomic E-state index is 9.83. The van der Waals surface area contributed by atoms with E-state index >= 15 is 0 Å². The number of benzene rings is 2. The van der Waals surface area contributed by atoms with E-state index in [4.69, 9.17) is 9.47 Å². The summed E-state index contributed by atoms with van der Waals surface area (Å²) in [4.78, 5) is 4.37. The molecule has 0 aromatic heterocycles. The number of methoxy groups -OCH3 is 1. The van der Waals surface area contributed by atoms with Crippen molar-refractivity contribution >= 4 is 11.9 Å². The zero-order valence-electron chi connectivity index (χ0n) is 13.7. The van der Waals surface area contributed by atoms with Gasteiger partial charge in [-0.25, -0.2) is 0 Å². The monoisotopic (exact) mass is 313 g/mol. The fraction of sp³-hybridized carbons (Fsp3) is 0.316. The van der Waals surface area contributed by atoms with E-state index in [9.17, 15) is 5.11 Å². The van der Waals surface area contributed by atoms with Crippen molar-refractivity contribution in [2.24, 2.45) is 4.99 Å². The minimum Gasteiger partial charge on any atom is -0.507 e. The van der Waals surface area contributed by atoms with Gasteiger partial charge in [0, 0.05) is 11.8 Å². The van der Waals surface area contributed by atoms with E-state index in [0.29, 0.717) is 11.3 Å². The van der Waals surface area contributed by atoms with Crippen LogP contribution in [0, 0.1) is 0 Å². The Morgan fingerprint density at radius 1 is 1.04 bits per heavy atom. The third kappa shape index (κ3) is 5.33. The van der Waals surface area contributed by atoms with Crippen LogP contribution in [0.1, 0.15) is 31.7 Å². The fourth-order valence-corrected chi connectivity index (χ4v) is 2.08. The number of nitrogens with zero attached hydrogens (tertiary/aromatic N) is 1. The van der Waals surface area contributed by atoms with Crippen LogP contribution in [0.3, 0.4) is 0 Å². The molecule has 0 saturated carbocycles. The molecular weight excluding hydrogens is 290 g/mol. The number of aromatic hydroxyl groups is 1. The van der Waals surface area contributed by atoms with Crippen molar-refractivity contribution in [2.45, 2.75) is 26.2 Å². The second kappa shape index (κ2) is 8.83. The first-order valence-electron chi connectivity index (χ1n) is 7.87. The van der Waals surface area contributed by atoms with Gasteiger partial charge in [0.25, 0.3) is 0 Å². The van der Waals surface area contributed by atoms with Gasteiger partial charge in [-0.3, -0.25) is 4.99 Å². The Labute approximate surface area is 137 Å². The van der Waals surface area contributed by atoms with Gasteiger partial charge in [0.05, 0.1) is 19.4 Å². The molecule has 2 aromatic carbocycles. The van der Waals surface area contributed by atoms with Crippen LogP contribution in [0.4, 0.5) is 5.69 Å². The summed E-state index contributed by atoms with van der Waals surface area (Å²) in [6.07, 6.45) is 5.07. The second-order valence-corrected chi connectivity index (χ2v) is 5.23. The van der Waals surface area contributed by atoms with Crippen LogP contribution in [0.5, 0.6) is 17.2 Å². The van der Waals surface area contributed by atoms with Gasteiger partial charge in [0.1, 0.15) is 17.2 Å². The van der Waals surface area contributed by atoms with Crippen LogP contribution in [0.25, 0.3) is 0 Å². The fourth-order valence-electron chi connectivity index (χ4n) is 2.08. The Hall–Kier alpha value is -2.49. The first-order chi connectivity index (χ1) is 11.2. The molecule has 0 unspecified atom stereocenters. The maximum atomic E-state index is 9.83. The smallest absolute Gasteiger partial charge is 0.124 e. The summed E-state index contributed by atoms with van der Waals surface area (Å²) in [7, 11) is 1.59. The number of hydrogen-bond donors (Lipinski definition) is 1. The number of phenols is 1. The van der Waals surface area contributed by atoms with Crippen molar-refractivity contribution < 1.29 is 14.6 Å². The number of ether oxygens (including phenoxy) is 2. The van der Waals surface area contributed by atoms with Crippen molar-refractivity contribution in [3.05, 3.63) is 48.0 Å². The maximum Gasteiger partial charge on any atom is 0.124 e. The number of rotatable bonds is 8. The lowest BCUT2D eigenvalue weighted by Gasteiger charge is -2.05. The van der Waals surface area contributed by atoms with Crippen LogP contribution in [0.2, 0.25) is 0 Å². The molecule has 0 spiro atoms. The lowest BCUT2D eigenvalue weighted by molar-refractivity contribution is 0.306. The Bertz CT molecular complexity index is 636. The molecule has 0 radical (unpaired) electrons. The minimum atomic E-state index is 0.172. The standard InChI is InChI=1S/C19H23NO3/c1-3-4-5-12-23-17-8-6-16(7-9-17)20-14-15-13-18(22-2)10-11-19(15)21/h6-11,13-14,21H,3-5,12H2,1-2H3. The Kier molecular flexibility index (Phi) is 6.48. The summed E-state index contributed by atoms with van der Waals surface area (Å²) in [6.45, 7) is 2.92. The first-order valence-corrected chi connectivity index (χ1v) is 7.87. The van der Waals surface area contributed by atoms with Gasteiger partial charge in [0.2, 0.25) is 0 Å². The van der Waals surface area contributed by atoms with Crippen molar-refractivity contribution in [3.63, 3.8) is 0 Å². The SMILES string of the molecule is CCCCCOc1ccc(N=Cc2cc(OC)ccc2O)cc1. The minimum absolute atomic E-state index is 0.172. The molecule has 0 amide bonds. The summed E-state index contributed by atoms with van der Waals surface area (Å²) in [5.74, 6) is 1.70. The van der Waals surface area contributed by atoms with Crippen LogP contribution < -0.4 is 9.47 Å². The number of phenolic OH excluding ortho intramolecular Hbond substituents is 1. The summed E-state index contributed by atoms with van der Waals surface area (Å²) < 4.78 is 10.8. The zero-order valence-corrected chi connectivity index (χ0v) is 13.7. The van der Waals surface area contributed by atoms with E-state index in [0.717, 1.165) is 24.5 Å². The molecule has 0 atom stereocenters. The molecule has 23 heavy (non-hydrogen) atoms. The average molecular weight is 313 g/mol. The van der Waals surface area contributed by atoms with E-state index in [1.54, 1.807) is 31.5 Å². The molecular formula is C19H23NO3. The summed E-state index contributed by atoms with van der Waals surface area (Å²) in [5, 5.41) is 9.83. The molecule has 0 bridgehead atoms. The van der Waals surface area contributed by atoms with Crippen LogP contribution in [-0.4, -0.2) is 25.0 Å². The number of hydrogen-bond acceptors (Lipinski definition) is 4. The highest BCUT2D eigenvalue weighted by atomic mass is 16.5. The molecule has 0 heterocycles. The summed E-state index contributed by atoms with van der Waals surface area (Å²) in [6, 6.07) is 12.6. The molecule has 1 N–H and O–H groups in total. The highest BCUT2D eigenvalue weighted by Crippen LogP contribution is 2.23. The number of unbranched alkanes of at least 4 members (excludes halogenated alkanes) is 2. The summed E-state index contributed by atoms with van der Waals surface area (Å²) in [5.41, 5.74) is 1.41. The molecule has 0 saturated heterocycles. The largest absolute Gasteiger partial charge is 0.507 e. The Morgan fingerprint density at radius 3 is 2.48 bits per heavy atom. The molecule has 2 rings (SSSR count). The van der Waals surface area contributed by atoms with Gasteiger partial charge in [-0.05, 0) is 48.9 Å². The normalized spacial score (nSPS) is 10.9. The Morgan fingerprint density at radius 2 is 1.78 bits per heavy atom. The van der Waals surface area contributed by atoms with E-state index in [1.165, 1.54) is 12.8 Å². The van der Waals surface area contributed by atoms with Crippen LogP contribution in [0.15, 0.2) is 47.5 Å². The molecule has 0 aliphatic rings. The lowest BCUT2D eigenvalue weighted by Crippen LogP contribution is -1.96. The van der Waals surface area contributed by atoms with Gasteiger partial charge in [0.15, 0.2) is 0 Å². The topological polar surface area (TPSA) is 51.0 Å². The molecule has 0 fully saturated rings.